The van der Waals surface area contributed by atoms with Crippen LogP contribution in [0.25, 0.3) is 0 Å². The number of methoxy groups -OCH3 is 1. The lowest BCUT2D eigenvalue weighted by atomic mass is 9.87. The summed E-state index contributed by atoms with van der Waals surface area (Å²) in [5.41, 5.74) is 1.68. The molecule has 1 aliphatic carbocycles. The van der Waals surface area contributed by atoms with Gasteiger partial charge < -0.3 is 44.5 Å². The third kappa shape index (κ3) is 7.35. The van der Waals surface area contributed by atoms with E-state index in [1.165, 1.54) is 13.2 Å². The first kappa shape index (κ1) is 31.6. The monoisotopic (exact) mass is 694 g/mol. The van der Waals surface area contributed by atoms with Gasteiger partial charge in [0.15, 0.2) is 23.0 Å². The quantitative estimate of drug-likeness (QED) is 0.184. The molecule has 42 heavy (non-hydrogen) atoms. The molecule has 11 nitrogen and oxygen atoms in total. The third-order valence-electron chi connectivity index (χ3n) is 7.01. The van der Waals surface area contributed by atoms with Crippen LogP contribution >= 0.6 is 22.6 Å². The minimum atomic E-state index is -1.22. The second kappa shape index (κ2) is 14.7. The molecule has 1 heterocycles. The van der Waals surface area contributed by atoms with Crippen molar-refractivity contribution in [2.45, 2.75) is 50.7 Å². The van der Waals surface area contributed by atoms with Gasteiger partial charge in [-0.2, -0.15) is 0 Å². The Bertz CT molecular complexity index is 1330. The highest BCUT2D eigenvalue weighted by Gasteiger charge is 2.41. The summed E-state index contributed by atoms with van der Waals surface area (Å²) in [5.74, 6) is 1.18. The molecule has 0 fully saturated rings. The van der Waals surface area contributed by atoms with Crippen molar-refractivity contribution in [3.8, 4) is 23.0 Å². The number of ether oxygens (including phenoxy) is 4. The van der Waals surface area contributed by atoms with E-state index in [0.717, 1.165) is 5.56 Å². The van der Waals surface area contributed by atoms with E-state index in [2.05, 4.69) is 34.5 Å². The Morgan fingerprint density at radius 3 is 2.69 bits per heavy atom. The maximum atomic E-state index is 13.6. The van der Waals surface area contributed by atoms with E-state index in [-0.39, 0.29) is 51.8 Å². The number of allylic oxidation sites excluding steroid dienone is 1. The van der Waals surface area contributed by atoms with Crippen molar-refractivity contribution in [2.24, 2.45) is 0 Å². The number of aliphatic hydroxyl groups is 3. The van der Waals surface area contributed by atoms with E-state index in [4.69, 9.17) is 18.9 Å². The number of benzene rings is 2. The van der Waals surface area contributed by atoms with Crippen LogP contribution in [0, 0.1) is 3.57 Å². The summed E-state index contributed by atoms with van der Waals surface area (Å²) in [7, 11) is 1.47. The van der Waals surface area contributed by atoms with Gasteiger partial charge in [0.2, 0.25) is 18.6 Å². The number of amides is 2. The molecular weight excluding hydrogens is 659 g/mol. The van der Waals surface area contributed by atoms with E-state index < -0.39 is 24.2 Å². The third-order valence-corrected chi connectivity index (χ3v) is 7.81. The van der Waals surface area contributed by atoms with Gasteiger partial charge in [0.1, 0.15) is 12.2 Å². The number of rotatable bonds is 13. The molecule has 3 atom stereocenters. The Kier molecular flexibility index (Phi) is 11.1. The van der Waals surface area contributed by atoms with Crippen molar-refractivity contribution in [3.05, 3.63) is 69.3 Å². The lowest BCUT2D eigenvalue weighted by molar-refractivity contribution is -0.139. The molecule has 0 saturated carbocycles. The molecule has 226 valence electrons. The van der Waals surface area contributed by atoms with Crippen molar-refractivity contribution < 1.29 is 43.9 Å². The molecule has 4 rings (SSSR count). The largest absolute Gasteiger partial charge is 0.493 e. The second-order valence-electron chi connectivity index (χ2n) is 9.82. The number of aliphatic hydroxyl groups excluding tert-OH is 3. The highest BCUT2D eigenvalue weighted by Crippen LogP contribution is 2.38. The predicted molar refractivity (Wildman–Crippen MR) is 161 cm³/mol. The summed E-state index contributed by atoms with van der Waals surface area (Å²) in [6.07, 6.45) is 1.58. The Morgan fingerprint density at radius 1 is 1.19 bits per heavy atom. The molecule has 0 bridgehead atoms. The van der Waals surface area contributed by atoms with Gasteiger partial charge in [-0.05, 0) is 70.5 Å². The normalized spacial score (nSPS) is 19.1. The standard InChI is InChI=1S/C30H35IN2O9/c1-3-4-5-27(36)33(15-18-6-7-23-24(11-18)41-17-40-23)22-13-20(30(38)32-8-9-34)14-25(28(22)37)42-29-21(31)10-19(16-35)12-26(29)39-2/h3,6-7,10-12,14,22,25,28,34-35,37H,1,4-5,8-9,13,15-17H2,2H3,(H,32,38). The number of hydrogen-bond donors (Lipinski definition) is 4. The number of halogens is 1. The van der Waals surface area contributed by atoms with E-state index in [1.54, 1.807) is 35.2 Å². The Labute approximate surface area is 257 Å². The van der Waals surface area contributed by atoms with Crippen molar-refractivity contribution in [2.75, 3.05) is 27.1 Å². The van der Waals surface area contributed by atoms with Crippen LogP contribution in [0.1, 0.15) is 30.4 Å². The van der Waals surface area contributed by atoms with Gasteiger partial charge in [0, 0.05) is 31.5 Å². The smallest absolute Gasteiger partial charge is 0.247 e. The molecule has 0 radical (unpaired) electrons. The van der Waals surface area contributed by atoms with Crippen LogP contribution in [-0.4, -0.2) is 77.3 Å². The van der Waals surface area contributed by atoms with Crippen molar-refractivity contribution >= 4 is 34.4 Å². The first-order chi connectivity index (χ1) is 20.3. The van der Waals surface area contributed by atoms with Crippen molar-refractivity contribution in [3.63, 3.8) is 0 Å². The van der Waals surface area contributed by atoms with Crippen LogP contribution in [-0.2, 0) is 22.7 Å². The summed E-state index contributed by atoms with van der Waals surface area (Å²) in [5, 5.41) is 33.2. The zero-order chi connectivity index (χ0) is 30.2. The highest BCUT2D eigenvalue weighted by atomic mass is 127. The zero-order valence-corrected chi connectivity index (χ0v) is 25.4. The Balaban J connectivity index is 1.71. The SMILES string of the molecule is C=CCCC(=O)N(Cc1ccc2c(c1)OCO2)C1CC(C(=O)NCCO)=CC(Oc2c(I)cc(CO)cc2OC)C1O. The van der Waals surface area contributed by atoms with Gasteiger partial charge in [-0.25, -0.2) is 0 Å². The van der Waals surface area contributed by atoms with E-state index in [9.17, 15) is 24.9 Å². The van der Waals surface area contributed by atoms with Gasteiger partial charge >= 0.3 is 0 Å². The fourth-order valence-corrected chi connectivity index (χ4v) is 5.68. The highest BCUT2D eigenvalue weighted by molar-refractivity contribution is 14.1. The molecule has 2 aliphatic rings. The minimum absolute atomic E-state index is 0.0441. The molecule has 2 aromatic carbocycles. The molecule has 4 N–H and O–H groups in total. The van der Waals surface area contributed by atoms with Crippen LogP contribution in [0.4, 0.5) is 0 Å². The molecule has 3 unspecified atom stereocenters. The Morgan fingerprint density at radius 2 is 1.98 bits per heavy atom. The minimum Gasteiger partial charge on any atom is -0.493 e. The number of nitrogens with one attached hydrogen (secondary N) is 1. The van der Waals surface area contributed by atoms with E-state index in [0.29, 0.717) is 44.1 Å². The van der Waals surface area contributed by atoms with Crippen LogP contribution in [0.5, 0.6) is 23.0 Å². The summed E-state index contributed by atoms with van der Waals surface area (Å²) < 4.78 is 23.4. The van der Waals surface area contributed by atoms with Crippen LogP contribution in [0.3, 0.4) is 0 Å². The maximum absolute atomic E-state index is 13.6. The van der Waals surface area contributed by atoms with Crippen molar-refractivity contribution in [1.82, 2.24) is 10.2 Å². The summed E-state index contributed by atoms with van der Waals surface area (Å²) in [6.45, 7) is 3.57. The summed E-state index contributed by atoms with van der Waals surface area (Å²) in [6, 6.07) is 7.91. The first-order valence-corrected chi connectivity index (χ1v) is 14.6. The Hall–Kier alpha value is -3.33. The second-order valence-corrected chi connectivity index (χ2v) is 11.0. The number of hydrogen-bond acceptors (Lipinski definition) is 9. The van der Waals surface area contributed by atoms with Crippen LogP contribution < -0.4 is 24.3 Å². The van der Waals surface area contributed by atoms with E-state index >= 15 is 0 Å². The average Bonchev–Trinajstić information content (AvgIpc) is 3.47. The molecule has 0 aromatic heterocycles. The summed E-state index contributed by atoms with van der Waals surface area (Å²) in [4.78, 5) is 28.3. The number of carbonyl (C=O) groups excluding carboxylic acids is 2. The zero-order valence-electron chi connectivity index (χ0n) is 23.3. The van der Waals surface area contributed by atoms with Gasteiger partial charge in [0.25, 0.3) is 0 Å². The van der Waals surface area contributed by atoms with Crippen LogP contribution in [0.2, 0.25) is 0 Å². The first-order valence-electron chi connectivity index (χ1n) is 13.5. The van der Waals surface area contributed by atoms with Gasteiger partial charge in [-0.1, -0.05) is 12.1 Å². The number of fused-ring (bicyclic) bond motifs is 1. The fourth-order valence-electron chi connectivity index (χ4n) is 4.89. The average molecular weight is 695 g/mol. The number of carbonyl (C=O) groups is 2. The fraction of sp³-hybridized carbons (Fsp3) is 0.400. The summed E-state index contributed by atoms with van der Waals surface area (Å²) >= 11 is 2.05. The lowest BCUT2D eigenvalue weighted by Gasteiger charge is -2.41. The van der Waals surface area contributed by atoms with Gasteiger partial charge in [0.05, 0.1) is 29.9 Å². The molecule has 0 saturated heterocycles. The molecule has 2 aromatic rings. The predicted octanol–water partition coefficient (Wildman–Crippen LogP) is 2.43. The molecule has 12 heteroatoms. The van der Waals surface area contributed by atoms with Gasteiger partial charge in [-0.3, -0.25) is 9.59 Å². The molecule has 1 aliphatic heterocycles. The van der Waals surface area contributed by atoms with Crippen molar-refractivity contribution in [1.29, 1.82) is 0 Å². The topological polar surface area (TPSA) is 147 Å². The maximum Gasteiger partial charge on any atom is 0.247 e. The van der Waals surface area contributed by atoms with Crippen LogP contribution in [0.15, 0.2) is 54.6 Å². The number of nitrogens with zero attached hydrogens (tertiary/aromatic N) is 1. The molecule has 0 spiro atoms. The lowest BCUT2D eigenvalue weighted by Crippen LogP contribution is -2.54. The van der Waals surface area contributed by atoms with Gasteiger partial charge in [-0.15, -0.1) is 6.58 Å². The molecular formula is C30H35IN2O9. The van der Waals surface area contributed by atoms with E-state index in [1.807, 2.05) is 6.07 Å². The molecule has 2 amide bonds.